The molecule has 3 aromatic rings. The summed E-state index contributed by atoms with van der Waals surface area (Å²) in [6, 6.07) is 16.0. The van der Waals surface area contributed by atoms with E-state index in [2.05, 4.69) is 35.2 Å². The van der Waals surface area contributed by atoms with Gasteiger partial charge in [-0.3, -0.25) is 0 Å². The van der Waals surface area contributed by atoms with Crippen LogP contribution in [0.15, 0.2) is 60.9 Å². The summed E-state index contributed by atoms with van der Waals surface area (Å²) < 4.78 is 2.12. The van der Waals surface area contributed by atoms with Crippen molar-refractivity contribution < 1.29 is 17.0 Å². The van der Waals surface area contributed by atoms with Crippen molar-refractivity contribution in [2.75, 3.05) is 0 Å². The zero-order chi connectivity index (χ0) is 13.2. The number of halogens is 3. The average molecular weight is 325 g/mol. The molecule has 0 bridgehead atoms. The second kappa shape index (κ2) is 6.45. The van der Waals surface area contributed by atoms with E-state index in [1.807, 2.05) is 24.3 Å². The van der Waals surface area contributed by atoms with Gasteiger partial charge in [0.1, 0.15) is 0 Å². The molecule has 3 rings (SSSR count). The minimum atomic E-state index is 0. The van der Waals surface area contributed by atoms with Crippen LogP contribution < -0.4 is 17.0 Å². The van der Waals surface area contributed by atoms with Crippen LogP contribution in [0.5, 0.6) is 0 Å². The topological polar surface area (TPSA) is 3.88 Å². The summed E-state index contributed by atoms with van der Waals surface area (Å²) in [5, 5.41) is 3.82. The molecule has 0 N–H and O–H groups in total. The van der Waals surface area contributed by atoms with Crippen molar-refractivity contribution in [3.63, 3.8) is 0 Å². The van der Waals surface area contributed by atoms with Crippen LogP contribution in [-0.4, -0.2) is 0 Å². The molecule has 2 aromatic carbocycles. The molecule has 1 aromatic heterocycles. The Hall–Kier alpha value is -1.28. The Morgan fingerprint density at radius 1 is 0.900 bits per heavy atom. The molecule has 102 valence electrons. The van der Waals surface area contributed by atoms with E-state index in [1.54, 1.807) is 6.07 Å². The van der Waals surface area contributed by atoms with Crippen LogP contribution in [0, 0.1) is 0 Å². The first-order valence-corrected chi connectivity index (χ1v) is 6.80. The number of hydrogen-bond acceptors (Lipinski definition) is 0. The molecule has 0 spiro atoms. The number of fused-ring (bicyclic) bond motifs is 1. The van der Waals surface area contributed by atoms with E-state index >= 15 is 0 Å². The van der Waals surface area contributed by atoms with Crippen LogP contribution in [0.3, 0.4) is 0 Å². The number of rotatable bonds is 2. The van der Waals surface area contributed by atoms with Crippen LogP contribution in [0.2, 0.25) is 10.0 Å². The van der Waals surface area contributed by atoms with Gasteiger partial charge in [-0.15, -0.1) is 0 Å². The zero-order valence-electron chi connectivity index (χ0n) is 10.6. The van der Waals surface area contributed by atoms with Gasteiger partial charge < -0.3 is 12.4 Å². The predicted molar refractivity (Wildman–Crippen MR) is 79.7 cm³/mol. The first-order chi connectivity index (χ1) is 9.22. The van der Waals surface area contributed by atoms with Crippen LogP contribution >= 0.6 is 23.2 Å². The Labute approximate surface area is 134 Å². The molecule has 0 amide bonds. The van der Waals surface area contributed by atoms with E-state index in [4.69, 9.17) is 23.2 Å². The van der Waals surface area contributed by atoms with Crippen molar-refractivity contribution in [2.45, 2.75) is 6.54 Å². The highest BCUT2D eigenvalue weighted by Crippen LogP contribution is 2.20. The zero-order valence-corrected chi connectivity index (χ0v) is 12.8. The van der Waals surface area contributed by atoms with Gasteiger partial charge in [-0.2, -0.15) is 0 Å². The molecule has 0 atom stereocenters. The molecule has 20 heavy (non-hydrogen) atoms. The number of pyridine rings is 1. The minimum Gasteiger partial charge on any atom is -1.00 e. The predicted octanol–water partition coefficient (Wildman–Crippen LogP) is 1.49. The molecule has 0 saturated carbocycles. The number of aromatic nitrogens is 1. The maximum atomic E-state index is 6.20. The summed E-state index contributed by atoms with van der Waals surface area (Å²) in [5.41, 5.74) is 1.06. The fourth-order valence-corrected chi connectivity index (χ4v) is 2.59. The van der Waals surface area contributed by atoms with E-state index < -0.39 is 0 Å². The van der Waals surface area contributed by atoms with E-state index in [0.29, 0.717) is 10.0 Å². The number of hydrogen-bond donors (Lipinski definition) is 0. The number of nitrogens with zero attached hydrogens (tertiary/aromatic N) is 1. The Bertz CT molecular complexity index is 741. The molecule has 0 aliphatic carbocycles. The lowest BCUT2D eigenvalue weighted by molar-refractivity contribution is -0.687. The molecular formula is C16H12Cl3N. The molecule has 0 fully saturated rings. The maximum Gasteiger partial charge on any atom is 0.176 e. The van der Waals surface area contributed by atoms with E-state index in [-0.39, 0.29) is 12.4 Å². The summed E-state index contributed by atoms with van der Waals surface area (Å²) >= 11 is 12.1. The average Bonchev–Trinajstić information content (AvgIpc) is 2.42. The second-order valence-corrected chi connectivity index (χ2v) is 5.33. The van der Waals surface area contributed by atoms with Gasteiger partial charge >= 0.3 is 0 Å². The summed E-state index contributed by atoms with van der Waals surface area (Å²) in [7, 11) is 0. The fourth-order valence-electron chi connectivity index (χ4n) is 2.12. The molecule has 0 aliphatic rings. The lowest BCUT2D eigenvalue weighted by atomic mass is 10.1. The smallest absolute Gasteiger partial charge is 0.176 e. The lowest BCUT2D eigenvalue weighted by Gasteiger charge is -2.02. The van der Waals surface area contributed by atoms with Crippen LogP contribution in [0.25, 0.3) is 10.8 Å². The standard InChI is InChI=1S/C16H12Cl2N.ClH/c17-15-6-5-14(16(18)9-15)11-19-8-7-12-3-1-2-4-13(12)10-19;/h1-10H,11H2;1H/q+1;/p-1. The first-order valence-electron chi connectivity index (χ1n) is 6.04. The lowest BCUT2D eigenvalue weighted by Crippen LogP contribution is -3.00. The van der Waals surface area contributed by atoms with Gasteiger partial charge in [0.2, 0.25) is 0 Å². The molecule has 0 aliphatic heterocycles. The second-order valence-electron chi connectivity index (χ2n) is 4.48. The SMILES string of the molecule is Clc1ccc(C[n+]2ccc3ccccc3c2)c(Cl)c1.[Cl-]. The Kier molecular flexibility index (Phi) is 4.87. The van der Waals surface area contributed by atoms with E-state index in [9.17, 15) is 0 Å². The van der Waals surface area contributed by atoms with Gasteiger partial charge in [-0.1, -0.05) is 41.4 Å². The fraction of sp³-hybridized carbons (Fsp3) is 0.0625. The van der Waals surface area contributed by atoms with E-state index in [1.165, 1.54) is 10.8 Å². The van der Waals surface area contributed by atoms with Crippen molar-refractivity contribution in [3.05, 3.63) is 76.5 Å². The molecular weight excluding hydrogens is 313 g/mol. The van der Waals surface area contributed by atoms with E-state index in [0.717, 1.165) is 12.1 Å². The summed E-state index contributed by atoms with van der Waals surface area (Å²) in [4.78, 5) is 0. The minimum absolute atomic E-state index is 0. The van der Waals surface area contributed by atoms with Crippen LogP contribution in [0.4, 0.5) is 0 Å². The van der Waals surface area contributed by atoms with Crippen molar-refractivity contribution in [3.8, 4) is 0 Å². The van der Waals surface area contributed by atoms with Crippen molar-refractivity contribution in [1.82, 2.24) is 0 Å². The molecule has 0 unspecified atom stereocenters. The van der Waals surface area contributed by atoms with Crippen LogP contribution in [0.1, 0.15) is 5.56 Å². The quantitative estimate of drug-likeness (QED) is 0.629. The van der Waals surface area contributed by atoms with Gasteiger partial charge in [0.25, 0.3) is 0 Å². The van der Waals surface area contributed by atoms with Crippen molar-refractivity contribution in [1.29, 1.82) is 0 Å². The van der Waals surface area contributed by atoms with Crippen molar-refractivity contribution >= 4 is 34.0 Å². The Morgan fingerprint density at radius 3 is 2.40 bits per heavy atom. The molecule has 0 radical (unpaired) electrons. The highest BCUT2D eigenvalue weighted by Gasteiger charge is 2.08. The van der Waals surface area contributed by atoms with Gasteiger partial charge in [-0.25, -0.2) is 4.57 Å². The molecule has 4 heteroatoms. The van der Waals surface area contributed by atoms with Gasteiger partial charge in [-0.05, 0) is 29.7 Å². The third kappa shape index (κ3) is 3.24. The van der Waals surface area contributed by atoms with Gasteiger partial charge in [0, 0.05) is 22.0 Å². The first kappa shape index (κ1) is 15.1. The molecule has 0 saturated heterocycles. The summed E-state index contributed by atoms with van der Waals surface area (Å²) in [5.74, 6) is 0. The van der Waals surface area contributed by atoms with Gasteiger partial charge in [0.15, 0.2) is 18.9 Å². The van der Waals surface area contributed by atoms with Crippen LogP contribution in [-0.2, 0) is 6.54 Å². The number of benzene rings is 2. The molecule has 1 heterocycles. The highest BCUT2D eigenvalue weighted by atomic mass is 35.5. The largest absolute Gasteiger partial charge is 1.00 e. The summed E-state index contributed by atoms with van der Waals surface area (Å²) in [6.45, 7) is 0.737. The summed E-state index contributed by atoms with van der Waals surface area (Å²) in [6.07, 6.45) is 4.19. The highest BCUT2D eigenvalue weighted by molar-refractivity contribution is 6.35. The van der Waals surface area contributed by atoms with Gasteiger partial charge in [0.05, 0.1) is 5.02 Å². The third-order valence-corrected chi connectivity index (χ3v) is 3.70. The monoisotopic (exact) mass is 323 g/mol. The third-order valence-electron chi connectivity index (χ3n) is 3.11. The Balaban J connectivity index is 0.00000147. The maximum absolute atomic E-state index is 6.20. The van der Waals surface area contributed by atoms with Crippen molar-refractivity contribution in [2.24, 2.45) is 0 Å². The molecule has 1 nitrogen and oxygen atoms in total. The normalized spacial score (nSPS) is 10.3. The Morgan fingerprint density at radius 2 is 1.65 bits per heavy atom.